The Bertz CT molecular complexity index is 542. The average Bonchev–Trinajstić information content (AvgIpc) is 2.39. The van der Waals surface area contributed by atoms with Gasteiger partial charge in [-0.1, -0.05) is 33.6 Å². The number of carbonyl (C=O) groups excluding carboxylic acids is 1. The number of hydrogen-bond acceptors (Lipinski definition) is 4. The van der Waals surface area contributed by atoms with E-state index in [1.165, 1.54) is 12.1 Å². The molecule has 1 aromatic carbocycles. The number of rotatable bonds is 7. The Morgan fingerprint density at radius 1 is 1.35 bits per heavy atom. The number of alkyl halides is 1. The summed E-state index contributed by atoms with van der Waals surface area (Å²) in [6.07, 6.45) is 0.323. The van der Waals surface area contributed by atoms with Crippen LogP contribution in [0.15, 0.2) is 29.2 Å². The Hall–Kier alpha value is -0.920. The van der Waals surface area contributed by atoms with Crippen LogP contribution in [0.5, 0.6) is 0 Å². The van der Waals surface area contributed by atoms with E-state index in [0.29, 0.717) is 11.8 Å². The van der Waals surface area contributed by atoms with E-state index in [0.717, 1.165) is 5.56 Å². The van der Waals surface area contributed by atoms with Crippen molar-refractivity contribution in [2.24, 2.45) is 0 Å². The molecule has 0 aliphatic rings. The largest absolute Gasteiger partial charge is 0.465 e. The maximum Gasteiger partial charge on any atom is 0.324 e. The third-order valence-electron chi connectivity index (χ3n) is 2.60. The van der Waals surface area contributed by atoms with Crippen LogP contribution in [0, 0.1) is 6.92 Å². The second-order valence-electron chi connectivity index (χ2n) is 4.22. The highest BCUT2D eigenvalue weighted by atomic mass is 79.9. The fourth-order valence-electron chi connectivity index (χ4n) is 1.55. The molecule has 112 valence electrons. The lowest BCUT2D eigenvalue weighted by atomic mass is 10.2. The molecule has 7 heteroatoms. The van der Waals surface area contributed by atoms with Gasteiger partial charge in [0.05, 0.1) is 11.5 Å². The van der Waals surface area contributed by atoms with Crippen molar-refractivity contribution in [1.82, 2.24) is 4.72 Å². The van der Waals surface area contributed by atoms with Gasteiger partial charge in [-0.05, 0) is 32.4 Å². The van der Waals surface area contributed by atoms with E-state index in [2.05, 4.69) is 20.7 Å². The molecule has 20 heavy (non-hydrogen) atoms. The summed E-state index contributed by atoms with van der Waals surface area (Å²) in [6.45, 7) is 3.76. The molecule has 0 spiro atoms. The third-order valence-corrected chi connectivity index (χ3v) is 4.54. The summed E-state index contributed by atoms with van der Waals surface area (Å²) in [5.41, 5.74) is 0.964. The van der Waals surface area contributed by atoms with Gasteiger partial charge in [-0.25, -0.2) is 8.42 Å². The van der Waals surface area contributed by atoms with Crippen molar-refractivity contribution in [2.45, 2.75) is 31.2 Å². The van der Waals surface area contributed by atoms with E-state index < -0.39 is 22.0 Å². The summed E-state index contributed by atoms with van der Waals surface area (Å²) in [5, 5.41) is 0.493. The highest BCUT2D eigenvalue weighted by molar-refractivity contribution is 9.09. The van der Waals surface area contributed by atoms with Crippen LogP contribution in [0.25, 0.3) is 0 Å². The van der Waals surface area contributed by atoms with Crippen LogP contribution in [0.1, 0.15) is 18.9 Å². The standard InChI is InChI=1S/C13H18BrNO4S/c1-3-19-13(16)12(8-9-14)15-20(17,18)11-6-4-10(2)5-7-11/h4-7,12,15H,3,8-9H2,1-2H3/t12-/m0/s1. The Balaban J connectivity index is 2.91. The zero-order chi connectivity index (χ0) is 15.2. The van der Waals surface area contributed by atoms with Gasteiger partial charge in [0, 0.05) is 5.33 Å². The number of hydrogen-bond donors (Lipinski definition) is 1. The van der Waals surface area contributed by atoms with Crippen molar-refractivity contribution in [2.75, 3.05) is 11.9 Å². The van der Waals surface area contributed by atoms with Gasteiger partial charge < -0.3 is 4.74 Å². The van der Waals surface area contributed by atoms with Crippen LogP contribution in [0.4, 0.5) is 0 Å². The topological polar surface area (TPSA) is 72.5 Å². The minimum Gasteiger partial charge on any atom is -0.465 e. The normalized spacial score (nSPS) is 12.9. The van der Waals surface area contributed by atoms with Crippen molar-refractivity contribution >= 4 is 31.9 Å². The minimum atomic E-state index is -3.73. The number of halogens is 1. The lowest BCUT2D eigenvalue weighted by Gasteiger charge is -2.16. The number of ether oxygens (including phenoxy) is 1. The van der Waals surface area contributed by atoms with E-state index in [9.17, 15) is 13.2 Å². The summed E-state index contributed by atoms with van der Waals surface area (Å²) in [7, 11) is -3.73. The van der Waals surface area contributed by atoms with Gasteiger partial charge in [-0.3, -0.25) is 4.79 Å². The molecule has 5 nitrogen and oxygen atoms in total. The fourth-order valence-corrected chi connectivity index (χ4v) is 3.23. The lowest BCUT2D eigenvalue weighted by Crippen LogP contribution is -2.42. The number of nitrogens with one attached hydrogen (secondary N) is 1. The molecule has 0 fully saturated rings. The maximum absolute atomic E-state index is 12.2. The molecule has 0 saturated heterocycles. The third kappa shape index (κ3) is 4.88. The monoisotopic (exact) mass is 363 g/mol. The molecule has 0 radical (unpaired) electrons. The van der Waals surface area contributed by atoms with Gasteiger partial charge >= 0.3 is 5.97 Å². The summed E-state index contributed by atoms with van der Waals surface area (Å²) in [5.74, 6) is -0.567. The quantitative estimate of drug-likeness (QED) is 0.593. The van der Waals surface area contributed by atoms with Crippen LogP contribution in [-0.4, -0.2) is 32.4 Å². The summed E-state index contributed by atoms with van der Waals surface area (Å²) in [4.78, 5) is 11.9. The molecule has 0 bridgehead atoms. The molecule has 1 rings (SSSR count). The second kappa shape index (κ2) is 7.75. The van der Waals surface area contributed by atoms with E-state index in [1.54, 1.807) is 19.1 Å². The highest BCUT2D eigenvalue weighted by Gasteiger charge is 2.26. The van der Waals surface area contributed by atoms with Crippen LogP contribution < -0.4 is 4.72 Å². The molecule has 1 atom stereocenters. The van der Waals surface area contributed by atoms with Gasteiger partial charge in [-0.15, -0.1) is 0 Å². The molecular formula is C13H18BrNO4S. The van der Waals surface area contributed by atoms with Gasteiger partial charge in [0.2, 0.25) is 10.0 Å². The smallest absolute Gasteiger partial charge is 0.324 e. The first-order chi connectivity index (χ1) is 9.40. The maximum atomic E-state index is 12.2. The van der Waals surface area contributed by atoms with Crippen molar-refractivity contribution in [3.63, 3.8) is 0 Å². The molecule has 1 aromatic rings. The zero-order valence-corrected chi connectivity index (χ0v) is 13.8. The Kier molecular flexibility index (Phi) is 6.64. The zero-order valence-electron chi connectivity index (χ0n) is 11.4. The van der Waals surface area contributed by atoms with Crippen LogP contribution in [-0.2, 0) is 19.6 Å². The predicted octanol–water partition coefficient (Wildman–Crippen LogP) is 1.99. The predicted molar refractivity (Wildman–Crippen MR) is 80.3 cm³/mol. The number of esters is 1. The van der Waals surface area contributed by atoms with E-state index in [-0.39, 0.29) is 11.5 Å². The molecular weight excluding hydrogens is 346 g/mol. The first kappa shape index (κ1) is 17.1. The summed E-state index contributed by atoms with van der Waals surface area (Å²) >= 11 is 3.20. The summed E-state index contributed by atoms with van der Waals surface area (Å²) < 4.78 is 31.7. The van der Waals surface area contributed by atoms with Crippen molar-refractivity contribution in [3.8, 4) is 0 Å². The first-order valence-corrected chi connectivity index (χ1v) is 8.82. The van der Waals surface area contributed by atoms with Crippen molar-refractivity contribution < 1.29 is 17.9 Å². The highest BCUT2D eigenvalue weighted by Crippen LogP contribution is 2.12. The molecule has 0 aliphatic heterocycles. The molecule has 0 unspecified atom stereocenters. The first-order valence-electron chi connectivity index (χ1n) is 6.22. The molecule has 0 heterocycles. The molecule has 0 amide bonds. The van der Waals surface area contributed by atoms with E-state index >= 15 is 0 Å². The van der Waals surface area contributed by atoms with Crippen LogP contribution >= 0.6 is 15.9 Å². The van der Waals surface area contributed by atoms with Crippen LogP contribution in [0.3, 0.4) is 0 Å². The van der Waals surface area contributed by atoms with Crippen molar-refractivity contribution in [3.05, 3.63) is 29.8 Å². The Labute approximate surface area is 127 Å². The second-order valence-corrected chi connectivity index (χ2v) is 6.72. The molecule has 1 N–H and O–H groups in total. The fraction of sp³-hybridized carbons (Fsp3) is 0.462. The minimum absolute atomic E-state index is 0.131. The van der Waals surface area contributed by atoms with E-state index in [1.807, 2.05) is 6.92 Å². The van der Waals surface area contributed by atoms with Gasteiger partial charge in [0.25, 0.3) is 0 Å². The number of carbonyl (C=O) groups is 1. The average molecular weight is 364 g/mol. The van der Waals surface area contributed by atoms with Gasteiger partial charge in [0.1, 0.15) is 6.04 Å². The Morgan fingerprint density at radius 3 is 2.45 bits per heavy atom. The van der Waals surface area contributed by atoms with E-state index in [4.69, 9.17) is 4.74 Å². The summed E-state index contributed by atoms with van der Waals surface area (Å²) in [6, 6.07) is 5.54. The molecule has 0 aromatic heterocycles. The number of benzene rings is 1. The van der Waals surface area contributed by atoms with Gasteiger partial charge in [0.15, 0.2) is 0 Å². The Morgan fingerprint density at radius 2 is 1.95 bits per heavy atom. The van der Waals surface area contributed by atoms with Gasteiger partial charge in [-0.2, -0.15) is 4.72 Å². The number of sulfonamides is 1. The lowest BCUT2D eigenvalue weighted by molar-refractivity contribution is -0.145. The van der Waals surface area contributed by atoms with Crippen LogP contribution in [0.2, 0.25) is 0 Å². The van der Waals surface area contributed by atoms with Crippen molar-refractivity contribution in [1.29, 1.82) is 0 Å². The SMILES string of the molecule is CCOC(=O)[C@H](CCBr)NS(=O)(=O)c1ccc(C)cc1. The number of aryl methyl sites for hydroxylation is 1. The molecule has 0 saturated carbocycles. The molecule has 0 aliphatic carbocycles.